The summed E-state index contributed by atoms with van der Waals surface area (Å²) in [6, 6.07) is 0.119. The Morgan fingerprint density at radius 2 is 1.93 bits per heavy atom. The van der Waals surface area contributed by atoms with Crippen LogP contribution in [0.25, 0.3) is 0 Å². The first-order valence-corrected chi connectivity index (χ1v) is 4.96. The fraction of sp³-hybridized carbons (Fsp3) is 0.700. The summed E-state index contributed by atoms with van der Waals surface area (Å²) in [5, 5.41) is 5.87. The van der Waals surface area contributed by atoms with E-state index in [1.54, 1.807) is 13.8 Å². The third kappa shape index (κ3) is 3.10. The van der Waals surface area contributed by atoms with Gasteiger partial charge in [0, 0.05) is 6.04 Å². The lowest BCUT2D eigenvalue weighted by molar-refractivity contribution is -0.119. The first kappa shape index (κ1) is 11.2. The predicted octanol–water partition coefficient (Wildman–Crippen LogP) is 1.12. The number of piperidine rings is 1. The van der Waals surface area contributed by atoms with E-state index in [1.165, 1.54) is 0 Å². The SMILES string of the molecule is CC(C)=C(F)C(=O)NC1CCNCC1. The second-order valence-electron chi connectivity index (χ2n) is 3.81. The van der Waals surface area contributed by atoms with E-state index < -0.39 is 11.7 Å². The number of halogens is 1. The van der Waals surface area contributed by atoms with Crippen LogP contribution in [0.1, 0.15) is 26.7 Å². The molecule has 1 saturated heterocycles. The highest BCUT2D eigenvalue weighted by atomic mass is 19.1. The maximum absolute atomic E-state index is 13.1. The van der Waals surface area contributed by atoms with Gasteiger partial charge in [-0.3, -0.25) is 4.79 Å². The molecule has 14 heavy (non-hydrogen) atoms. The van der Waals surface area contributed by atoms with Crippen molar-refractivity contribution in [3.63, 3.8) is 0 Å². The second-order valence-corrected chi connectivity index (χ2v) is 3.81. The summed E-state index contributed by atoms with van der Waals surface area (Å²) < 4.78 is 13.1. The van der Waals surface area contributed by atoms with Crippen LogP contribution >= 0.6 is 0 Å². The van der Waals surface area contributed by atoms with E-state index in [-0.39, 0.29) is 6.04 Å². The number of rotatable bonds is 2. The molecular formula is C10H17FN2O. The van der Waals surface area contributed by atoms with Gasteiger partial charge in [-0.1, -0.05) is 0 Å². The standard InChI is InChI=1S/C10H17FN2O/c1-7(2)9(11)10(14)13-8-3-5-12-6-4-8/h8,12H,3-6H2,1-2H3,(H,13,14). The van der Waals surface area contributed by atoms with Crippen LogP contribution in [0, 0.1) is 0 Å². The molecule has 1 aliphatic rings. The Bertz CT molecular complexity index is 241. The molecule has 1 fully saturated rings. The highest BCUT2D eigenvalue weighted by Crippen LogP contribution is 2.07. The smallest absolute Gasteiger partial charge is 0.280 e. The van der Waals surface area contributed by atoms with Crippen molar-refractivity contribution in [1.29, 1.82) is 0 Å². The Labute approximate surface area is 83.8 Å². The fourth-order valence-electron chi connectivity index (χ4n) is 1.44. The molecule has 4 heteroatoms. The number of carbonyl (C=O) groups excluding carboxylic acids is 1. The quantitative estimate of drug-likeness (QED) is 0.656. The third-order valence-electron chi connectivity index (χ3n) is 2.31. The van der Waals surface area contributed by atoms with Crippen molar-refractivity contribution in [2.75, 3.05) is 13.1 Å². The lowest BCUT2D eigenvalue weighted by Crippen LogP contribution is -2.42. The molecule has 1 heterocycles. The molecule has 0 saturated carbocycles. The number of amides is 1. The van der Waals surface area contributed by atoms with Gasteiger partial charge in [0.05, 0.1) is 0 Å². The molecule has 0 aromatic heterocycles. The molecule has 0 aromatic rings. The Hall–Kier alpha value is -0.900. The van der Waals surface area contributed by atoms with Crippen LogP contribution < -0.4 is 10.6 Å². The van der Waals surface area contributed by atoms with Crippen LogP contribution in [0.2, 0.25) is 0 Å². The van der Waals surface area contributed by atoms with Gasteiger partial charge >= 0.3 is 0 Å². The maximum atomic E-state index is 13.1. The minimum atomic E-state index is -0.650. The van der Waals surface area contributed by atoms with Crippen LogP contribution in [-0.4, -0.2) is 25.0 Å². The summed E-state index contributed by atoms with van der Waals surface area (Å²) in [6.45, 7) is 4.97. The molecule has 80 valence electrons. The fourth-order valence-corrected chi connectivity index (χ4v) is 1.44. The van der Waals surface area contributed by atoms with E-state index in [9.17, 15) is 9.18 Å². The molecule has 1 rings (SSSR count). The summed E-state index contributed by atoms with van der Waals surface area (Å²) >= 11 is 0. The van der Waals surface area contributed by atoms with Gasteiger partial charge in [0.25, 0.3) is 5.91 Å². The van der Waals surface area contributed by atoms with Crippen LogP contribution in [0.5, 0.6) is 0 Å². The lowest BCUT2D eigenvalue weighted by Gasteiger charge is -2.23. The Morgan fingerprint density at radius 3 is 2.43 bits per heavy atom. The number of nitrogens with one attached hydrogen (secondary N) is 2. The third-order valence-corrected chi connectivity index (χ3v) is 2.31. The van der Waals surface area contributed by atoms with Crippen molar-refractivity contribution in [3.8, 4) is 0 Å². The predicted molar refractivity (Wildman–Crippen MR) is 53.5 cm³/mol. The highest BCUT2D eigenvalue weighted by Gasteiger charge is 2.18. The molecule has 1 amide bonds. The highest BCUT2D eigenvalue weighted by molar-refractivity contribution is 5.91. The molecule has 0 aliphatic carbocycles. The Balaban J connectivity index is 2.43. The van der Waals surface area contributed by atoms with Crippen molar-refractivity contribution < 1.29 is 9.18 Å². The molecule has 0 radical (unpaired) electrons. The first-order chi connectivity index (χ1) is 6.61. The van der Waals surface area contributed by atoms with Crippen molar-refractivity contribution in [1.82, 2.24) is 10.6 Å². The molecule has 0 spiro atoms. The summed E-state index contributed by atoms with van der Waals surface area (Å²) in [7, 11) is 0. The van der Waals surface area contributed by atoms with E-state index in [1.807, 2.05) is 0 Å². The first-order valence-electron chi connectivity index (χ1n) is 4.96. The minimum Gasteiger partial charge on any atom is -0.347 e. The molecule has 0 aromatic carbocycles. The summed E-state index contributed by atoms with van der Waals surface area (Å²) in [5.74, 6) is -1.22. The topological polar surface area (TPSA) is 41.1 Å². The van der Waals surface area contributed by atoms with Crippen LogP contribution in [0.15, 0.2) is 11.4 Å². The summed E-state index contributed by atoms with van der Waals surface area (Å²) in [5.41, 5.74) is 0.427. The molecule has 0 bridgehead atoms. The zero-order chi connectivity index (χ0) is 10.6. The van der Waals surface area contributed by atoms with E-state index in [4.69, 9.17) is 0 Å². The normalized spacial score (nSPS) is 17.6. The van der Waals surface area contributed by atoms with Gasteiger partial charge in [-0.2, -0.15) is 0 Å². The second kappa shape index (κ2) is 5.10. The van der Waals surface area contributed by atoms with Gasteiger partial charge in [0.1, 0.15) is 0 Å². The monoisotopic (exact) mass is 200 g/mol. The molecule has 0 atom stereocenters. The van der Waals surface area contributed by atoms with Gasteiger partial charge in [-0.15, -0.1) is 0 Å². The van der Waals surface area contributed by atoms with Gasteiger partial charge in [0.2, 0.25) is 0 Å². The zero-order valence-electron chi connectivity index (χ0n) is 8.69. The average molecular weight is 200 g/mol. The Kier molecular flexibility index (Phi) is 4.07. The average Bonchev–Trinajstić information content (AvgIpc) is 2.18. The number of allylic oxidation sites excluding steroid dienone is 1. The molecule has 2 N–H and O–H groups in total. The molecule has 1 aliphatic heterocycles. The zero-order valence-corrected chi connectivity index (χ0v) is 8.69. The largest absolute Gasteiger partial charge is 0.347 e. The maximum Gasteiger partial charge on any atom is 0.280 e. The van der Waals surface area contributed by atoms with E-state index >= 15 is 0 Å². The van der Waals surface area contributed by atoms with Crippen molar-refractivity contribution in [2.45, 2.75) is 32.7 Å². The number of hydrogen-bond donors (Lipinski definition) is 2. The van der Waals surface area contributed by atoms with Gasteiger partial charge in [0.15, 0.2) is 5.83 Å². The number of hydrogen-bond acceptors (Lipinski definition) is 2. The molecule has 3 nitrogen and oxygen atoms in total. The van der Waals surface area contributed by atoms with Crippen molar-refractivity contribution in [2.24, 2.45) is 0 Å². The van der Waals surface area contributed by atoms with E-state index in [0.717, 1.165) is 25.9 Å². The van der Waals surface area contributed by atoms with Crippen molar-refractivity contribution in [3.05, 3.63) is 11.4 Å². The Morgan fingerprint density at radius 1 is 1.36 bits per heavy atom. The molecular weight excluding hydrogens is 183 g/mol. The van der Waals surface area contributed by atoms with Crippen LogP contribution in [-0.2, 0) is 4.79 Å². The minimum absolute atomic E-state index is 0.119. The summed E-state index contributed by atoms with van der Waals surface area (Å²) in [4.78, 5) is 11.3. The lowest BCUT2D eigenvalue weighted by atomic mass is 10.1. The van der Waals surface area contributed by atoms with E-state index in [2.05, 4.69) is 10.6 Å². The summed E-state index contributed by atoms with van der Waals surface area (Å²) in [6.07, 6.45) is 1.75. The van der Waals surface area contributed by atoms with Crippen LogP contribution in [0.3, 0.4) is 0 Å². The van der Waals surface area contributed by atoms with Gasteiger partial charge in [-0.25, -0.2) is 4.39 Å². The van der Waals surface area contributed by atoms with Crippen molar-refractivity contribution >= 4 is 5.91 Å². The van der Waals surface area contributed by atoms with Gasteiger partial charge in [-0.05, 0) is 45.4 Å². The van der Waals surface area contributed by atoms with Gasteiger partial charge < -0.3 is 10.6 Å². The molecule has 0 unspecified atom stereocenters. The number of carbonyl (C=O) groups is 1. The van der Waals surface area contributed by atoms with E-state index in [0.29, 0.717) is 5.57 Å². The van der Waals surface area contributed by atoms with Crippen LogP contribution in [0.4, 0.5) is 4.39 Å².